The predicted molar refractivity (Wildman–Crippen MR) is 52.4 cm³/mol. The highest BCUT2D eigenvalue weighted by Crippen LogP contribution is 2.05. The van der Waals surface area contributed by atoms with Crippen LogP contribution in [0.1, 0.15) is 26.2 Å². The van der Waals surface area contributed by atoms with Gasteiger partial charge in [-0.05, 0) is 12.2 Å². The summed E-state index contributed by atoms with van der Waals surface area (Å²) in [6.07, 6.45) is 3.10. The zero-order chi connectivity index (χ0) is 9.23. The number of carbonyl (C=O) groups excluding carboxylic acids is 1. The van der Waals surface area contributed by atoms with Gasteiger partial charge in [-0.1, -0.05) is 19.8 Å². The van der Waals surface area contributed by atoms with E-state index in [-0.39, 0.29) is 0 Å². The number of amides is 1. The molecular formula is C8H17NO2S. The van der Waals surface area contributed by atoms with Crippen LogP contribution in [0.15, 0.2) is 0 Å². The second kappa shape index (κ2) is 8.71. The van der Waals surface area contributed by atoms with Crippen LogP contribution in [0.4, 0.5) is 4.79 Å². The van der Waals surface area contributed by atoms with E-state index >= 15 is 0 Å². The highest BCUT2D eigenvalue weighted by atomic mass is 32.2. The lowest BCUT2D eigenvalue weighted by molar-refractivity contribution is 0.164. The van der Waals surface area contributed by atoms with Gasteiger partial charge in [0.25, 0.3) is 0 Å². The zero-order valence-corrected chi connectivity index (χ0v) is 8.36. The molecule has 0 fully saturated rings. The fourth-order valence-corrected chi connectivity index (χ4v) is 1.57. The van der Waals surface area contributed by atoms with Gasteiger partial charge >= 0.3 is 6.09 Å². The van der Waals surface area contributed by atoms with Crippen LogP contribution in [0.3, 0.4) is 0 Å². The summed E-state index contributed by atoms with van der Waals surface area (Å²) in [6, 6.07) is 0. The van der Waals surface area contributed by atoms with Crippen molar-refractivity contribution in [3.63, 3.8) is 0 Å². The molecule has 0 aliphatic rings. The van der Waals surface area contributed by atoms with Crippen molar-refractivity contribution < 1.29 is 9.53 Å². The van der Waals surface area contributed by atoms with Crippen molar-refractivity contribution in [2.24, 2.45) is 5.73 Å². The maximum Gasteiger partial charge on any atom is 0.404 e. The smallest absolute Gasteiger partial charge is 0.404 e. The van der Waals surface area contributed by atoms with Crippen molar-refractivity contribution in [2.45, 2.75) is 26.2 Å². The summed E-state index contributed by atoms with van der Waals surface area (Å²) in [5.74, 6) is 2.00. The van der Waals surface area contributed by atoms with Crippen LogP contribution >= 0.6 is 11.8 Å². The Balaban J connectivity index is 2.86. The largest absolute Gasteiger partial charge is 0.449 e. The van der Waals surface area contributed by atoms with Crippen LogP contribution in [0.2, 0.25) is 0 Å². The van der Waals surface area contributed by atoms with Crippen LogP contribution in [0.5, 0.6) is 0 Å². The molecule has 72 valence electrons. The number of hydrogen-bond donors (Lipinski definition) is 1. The van der Waals surface area contributed by atoms with Crippen LogP contribution in [0.25, 0.3) is 0 Å². The number of rotatable bonds is 7. The molecule has 0 bridgehead atoms. The SMILES string of the molecule is CCCCCSCCOC(N)=O. The summed E-state index contributed by atoms with van der Waals surface area (Å²) in [4.78, 5) is 10.1. The number of nitrogens with two attached hydrogens (primary N) is 1. The number of primary amides is 1. The van der Waals surface area contributed by atoms with Gasteiger partial charge in [-0.2, -0.15) is 11.8 Å². The van der Waals surface area contributed by atoms with E-state index in [1.807, 2.05) is 0 Å². The van der Waals surface area contributed by atoms with Crippen molar-refractivity contribution >= 4 is 17.9 Å². The number of carbonyl (C=O) groups is 1. The summed E-state index contributed by atoms with van der Waals surface area (Å²) in [5.41, 5.74) is 4.78. The molecule has 0 atom stereocenters. The fourth-order valence-electron chi connectivity index (χ4n) is 0.757. The molecule has 12 heavy (non-hydrogen) atoms. The maximum absolute atomic E-state index is 10.1. The van der Waals surface area contributed by atoms with E-state index in [0.29, 0.717) is 6.61 Å². The lowest BCUT2D eigenvalue weighted by atomic mass is 10.3. The second-order valence-electron chi connectivity index (χ2n) is 2.49. The Morgan fingerprint density at radius 3 is 2.75 bits per heavy atom. The lowest BCUT2D eigenvalue weighted by Crippen LogP contribution is -2.14. The summed E-state index contributed by atoms with van der Waals surface area (Å²) in [7, 11) is 0. The van der Waals surface area contributed by atoms with Crippen molar-refractivity contribution in [3.05, 3.63) is 0 Å². The highest BCUT2D eigenvalue weighted by Gasteiger charge is 1.93. The van der Waals surface area contributed by atoms with Crippen molar-refractivity contribution in [1.29, 1.82) is 0 Å². The Morgan fingerprint density at radius 1 is 1.42 bits per heavy atom. The number of hydrogen-bond acceptors (Lipinski definition) is 3. The molecule has 0 aromatic heterocycles. The van der Waals surface area contributed by atoms with Crippen LogP contribution < -0.4 is 5.73 Å². The molecular weight excluding hydrogens is 174 g/mol. The molecule has 0 aromatic rings. The zero-order valence-electron chi connectivity index (χ0n) is 7.54. The molecule has 0 heterocycles. The first kappa shape index (κ1) is 11.6. The second-order valence-corrected chi connectivity index (χ2v) is 3.71. The first-order chi connectivity index (χ1) is 5.77. The summed E-state index contributed by atoms with van der Waals surface area (Å²) < 4.78 is 4.57. The first-order valence-corrected chi connectivity index (χ1v) is 5.42. The highest BCUT2D eigenvalue weighted by molar-refractivity contribution is 7.99. The Morgan fingerprint density at radius 2 is 2.17 bits per heavy atom. The van der Waals surface area contributed by atoms with E-state index in [2.05, 4.69) is 11.7 Å². The Labute approximate surface area is 78.0 Å². The molecule has 2 N–H and O–H groups in total. The Kier molecular flexibility index (Phi) is 8.44. The summed E-state index contributed by atoms with van der Waals surface area (Å²) in [5, 5.41) is 0. The van der Waals surface area contributed by atoms with Crippen molar-refractivity contribution in [2.75, 3.05) is 18.1 Å². The number of ether oxygens (including phenoxy) is 1. The minimum absolute atomic E-state index is 0.437. The molecule has 0 aliphatic carbocycles. The van der Waals surface area contributed by atoms with E-state index in [0.717, 1.165) is 11.5 Å². The average Bonchev–Trinajstić information content (AvgIpc) is 2.02. The van der Waals surface area contributed by atoms with Gasteiger partial charge in [0.1, 0.15) is 6.61 Å². The maximum atomic E-state index is 10.1. The van der Waals surface area contributed by atoms with Gasteiger partial charge in [0.2, 0.25) is 0 Å². The monoisotopic (exact) mass is 191 g/mol. The molecule has 3 nitrogen and oxygen atoms in total. The molecule has 0 saturated carbocycles. The van der Waals surface area contributed by atoms with Gasteiger partial charge in [-0.3, -0.25) is 0 Å². The predicted octanol–water partition coefficient (Wildman–Crippen LogP) is 2.01. The number of unbranched alkanes of at least 4 members (excludes halogenated alkanes) is 2. The summed E-state index contributed by atoms with van der Waals surface area (Å²) in [6.45, 7) is 2.62. The van der Waals surface area contributed by atoms with E-state index in [4.69, 9.17) is 5.73 Å². The van der Waals surface area contributed by atoms with E-state index in [1.165, 1.54) is 19.3 Å². The molecule has 0 aromatic carbocycles. The third-order valence-corrected chi connectivity index (χ3v) is 2.40. The van der Waals surface area contributed by atoms with Crippen LogP contribution in [-0.2, 0) is 4.74 Å². The number of thioether (sulfide) groups is 1. The molecule has 0 aliphatic heterocycles. The minimum Gasteiger partial charge on any atom is -0.449 e. The van der Waals surface area contributed by atoms with E-state index in [9.17, 15) is 4.79 Å². The Hall–Kier alpha value is -0.380. The van der Waals surface area contributed by atoms with Gasteiger partial charge in [0.05, 0.1) is 0 Å². The van der Waals surface area contributed by atoms with Crippen LogP contribution in [-0.4, -0.2) is 24.2 Å². The molecule has 0 radical (unpaired) electrons. The third kappa shape index (κ3) is 9.62. The standard InChI is InChI=1S/C8H17NO2S/c1-2-3-4-6-12-7-5-11-8(9)10/h2-7H2,1H3,(H2,9,10). The average molecular weight is 191 g/mol. The molecule has 0 unspecified atom stereocenters. The fraction of sp³-hybridized carbons (Fsp3) is 0.875. The van der Waals surface area contributed by atoms with Crippen molar-refractivity contribution in [3.8, 4) is 0 Å². The molecule has 1 amide bonds. The molecule has 0 rings (SSSR count). The first-order valence-electron chi connectivity index (χ1n) is 4.27. The quantitative estimate of drug-likeness (QED) is 0.626. The van der Waals surface area contributed by atoms with Gasteiger partial charge in [-0.15, -0.1) is 0 Å². The van der Waals surface area contributed by atoms with Crippen molar-refractivity contribution in [1.82, 2.24) is 0 Å². The molecule has 0 saturated heterocycles. The van der Waals surface area contributed by atoms with E-state index in [1.54, 1.807) is 11.8 Å². The lowest BCUT2D eigenvalue weighted by Gasteiger charge is -2.00. The normalized spacial score (nSPS) is 9.75. The topological polar surface area (TPSA) is 52.3 Å². The third-order valence-electron chi connectivity index (χ3n) is 1.36. The van der Waals surface area contributed by atoms with Gasteiger partial charge in [0.15, 0.2) is 0 Å². The molecule has 0 spiro atoms. The summed E-state index contributed by atoms with van der Waals surface area (Å²) >= 11 is 1.80. The van der Waals surface area contributed by atoms with Gasteiger partial charge < -0.3 is 10.5 Å². The van der Waals surface area contributed by atoms with Crippen LogP contribution in [0, 0.1) is 0 Å². The van der Waals surface area contributed by atoms with Gasteiger partial charge in [0, 0.05) is 5.75 Å². The van der Waals surface area contributed by atoms with Gasteiger partial charge in [-0.25, -0.2) is 4.79 Å². The van der Waals surface area contributed by atoms with E-state index < -0.39 is 6.09 Å². The molecule has 4 heteroatoms. The minimum atomic E-state index is -0.677. The Bertz CT molecular complexity index is 120.